The van der Waals surface area contributed by atoms with Gasteiger partial charge in [-0.1, -0.05) is 0 Å². The number of hydrogen-bond acceptors (Lipinski definition) is 5. The van der Waals surface area contributed by atoms with Crippen molar-refractivity contribution in [2.24, 2.45) is 0 Å². The Hall–Kier alpha value is -2.21. The zero-order valence-corrected chi connectivity index (χ0v) is 10.00. The van der Waals surface area contributed by atoms with E-state index >= 15 is 0 Å². The second-order valence-corrected chi connectivity index (χ2v) is 4.44. The Morgan fingerprint density at radius 1 is 1.26 bits per heavy atom. The first-order chi connectivity index (χ1) is 9.16. The molecule has 0 saturated heterocycles. The second-order valence-electron chi connectivity index (χ2n) is 4.44. The number of rotatable bonds is 2. The fraction of sp³-hybridized carbons (Fsp3) is 0.308. The minimum absolute atomic E-state index is 0.0159. The van der Waals surface area contributed by atoms with Crippen LogP contribution >= 0.6 is 0 Å². The van der Waals surface area contributed by atoms with Crippen LogP contribution in [0, 0.1) is 10.1 Å². The van der Waals surface area contributed by atoms with Crippen LogP contribution in [0.15, 0.2) is 35.4 Å². The van der Waals surface area contributed by atoms with Crippen molar-refractivity contribution < 1.29 is 19.2 Å². The maximum atomic E-state index is 11.8. The number of nitro groups is 1. The van der Waals surface area contributed by atoms with Gasteiger partial charge in [-0.3, -0.25) is 10.1 Å². The van der Waals surface area contributed by atoms with Crippen LogP contribution in [0.4, 0.5) is 5.69 Å². The first-order valence-corrected chi connectivity index (χ1v) is 5.92. The maximum Gasteiger partial charge on any atom is 0.337 e. The van der Waals surface area contributed by atoms with Gasteiger partial charge in [0.1, 0.15) is 6.10 Å². The summed E-state index contributed by atoms with van der Waals surface area (Å²) in [6, 6.07) is 6.04. The highest BCUT2D eigenvalue weighted by Crippen LogP contribution is 2.38. The number of hydrogen-bond donors (Lipinski definition) is 0. The minimum atomic E-state index is -0.469. The topological polar surface area (TPSA) is 78.7 Å². The highest BCUT2D eigenvalue weighted by molar-refractivity contribution is 5.92. The van der Waals surface area contributed by atoms with Crippen LogP contribution in [-0.4, -0.2) is 24.1 Å². The number of nitrogens with zero attached hydrogens (tertiary/aromatic N) is 1. The standard InChI is InChI=1S/C13H11NO5/c15-13-11-9(5-6-18-13)7-19-12(11)8-1-3-10(4-2-8)14(16)17/h1-4,12H,5-7H2. The highest BCUT2D eigenvalue weighted by atomic mass is 16.6. The Kier molecular flexibility index (Phi) is 2.79. The normalized spacial score (nSPS) is 22.1. The molecule has 0 fully saturated rings. The summed E-state index contributed by atoms with van der Waals surface area (Å²) < 4.78 is 10.6. The van der Waals surface area contributed by atoms with E-state index < -0.39 is 11.0 Å². The Morgan fingerprint density at radius 3 is 2.68 bits per heavy atom. The average Bonchev–Trinajstić information content (AvgIpc) is 2.84. The zero-order valence-electron chi connectivity index (χ0n) is 10.00. The predicted molar refractivity (Wildman–Crippen MR) is 64.4 cm³/mol. The highest BCUT2D eigenvalue weighted by Gasteiger charge is 2.36. The van der Waals surface area contributed by atoms with E-state index in [1.165, 1.54) is 12.1 Å². The fourth-order valence-electron chi connectivity index (χ4n) is 2.37. The number of carbonyl (C=O) groups is 1. The molecule has 2 aliphatic heterocycles. The van der Waals surface area contributed by atoms with E-state index in [-0.39, 0.29) is 11.7 Å². The number of nitro benzene ring substituents is 1. The zero-order chi connectivity index (χ0) is 13.4. The maximum absolute atomic E-state index is 11.8. The van der Waals surface area contributed by atoms with Gasteiger partial charge in [0.15, 0.2) is 0 Å². The summed E-state index contributed by atoms with van der Waals surface area (Å²) in [5.74, 6) is -0.345. The molecule has 0 aromatic heterocycles. The lowest BCUT2D eigenvalue weighted by molar-refractivity contribution is -0.384. The molecule has 6 nitrogen and oxygen atoms in total. The molecular weight excluding hydrogens is 250 g/mol. The van der Waals surface area contributed by atoms with Gasteiger partial charge in [0.25, 0.3) is 5.69 Å². The van der Waals surface area contributed by atoms with E-state index in [9.17, 15) is 14.9 Å². The molecule has 19 heavy (non-hydrogen) atoms. The quantitative estimate of drug-likeness (QED) is 0.461. The molecule has 0 spiro atoms. The van der Waals surface area contributed by atoms with Crippen molar-refractivity contribution in [2.75, 3.05) is 13.2 Å². The molecule has 0 saturated carbocycles. The molecule has 0 aliphatic carbocycles. The molecule has 1 unspecified atom stereocenters. The number of benzene rings is 1. The first-order valence-electron chi connectivity index (χ1n) is 5.92. The van der Waals surface area contributed by atoms with Gasteiger partial charge in [0, 0.05) is 18.6 Å². The summed E-state index contributed by atoms with van der Waals surface area (Å²) in [5.41, 5.74) is 2.27. The third-order valence-corrected chi connectivity index (χ3v) is 3.33. The molecule has 98 valence electrons. The first kappa shape index (κ1) is 11.9. The molecule has 2 aliphatic rings. The van der Waals surface area contributed by atoms with E-state index in [0.717, 1.165) is 11.1 Å². The Bertz CT molecular complexity index is 575. The van der Waals surface area contributed by atoms with Gasteiger partial charge in [0.2, 0.25) is 0 Å². The van der Waals surface area contributed by atoms with Gasteiger partial charge in [-0.15, -0.1) is 0 Å². The van der Waals surface area contributed by atoms with Crippen LogP contribution in [0.3, 0.4) is 0 Å². The molecule has 1 aromatic carbocycles. The summed E-state index contributed by atoms with van der Waals surface area (Å²) in [6.45, 7) is 0.820. The van der Waals surface area contributed by atoms with Crippen molar-refractivity contribution in [1.29, 1.82) is 0 Å². The number of carbonyl (C=O) groups excluding carboxylic acids is 1. The number of ether oxygens (including phenoxy) is 2. The molecule has 2 heterocycles. The van der Waals surface area contributed by atoms with E-state index in [2.05, 4.69) is 0 Å². The van der Waals surface area contributed by atoms with E-state index in [4.69, 9.17) is 9.47 Å². The molecule has 0 bridgehead atoms. The van der Waals surface area contributed by atoms with E-state index in [1.54, 1.807) is 12.1 Å². The number of esters is 1. The van der Waals surface area contributed by atoms with Crippen molar-refractivity contribution in [3.8, 4) is 0 Å². The third kappa shape index (κ3) is 2.00. The van der Waals surface area contributed by atoms with Gasteiger partial charge in [-0.05, 0) is 23.3 Å². The van der Waals surface area contributed by atoms with Crippen LogP contribution in [0.1, 0.15) is 18.1 Å². The van der Waals surface area contributed by atoms with Gasteiger partial charge >= 0.3 is 5.97 Å². The van der Waals surface area contributed by atoms with E-state index in [0.29, 0.717) is 25.2 Å². The van der Waals surface area contributed by atoms with Crippen LogP contribution in [-0.2, 0) is 14.3 Å². The molecule has 3 rings (SSSR count). The lowest BCUT2D eigenvalue weighted by Crippen LogP contribution is -2.18. The minimum Gasteiger partial charge on any atom is -0.462 e. The summed E-state index contributed by atoms with van der Waals surface area (Å²) in [7, 11) is 0. The Morgan fingerprint density at radius 2 is 2.00 bits per heavy atom. The largest absolute Gasteiger partial charge is 0.462 e. The fourth-order valence-corrected chi connectivity index (χ4v) is 2.37. The van der Waals surface area contributed by atoms with Crippen molar-refractivity contribution in [2.45, 2.75) is 12.5 Å². The molecule has 6 heteroatoms. The smallest absolute Gasteiger partial charge is 0.337 e. The molecule has 0 amide bonds. The molecular formula is C13H11NO5. The lowest BCUT2D eigenvalue weighted by Gasteiger charge is -2.17. The van der Waals surface area contributed by atoms with E-state index in [1.807, 2.05) is 0 Å². The van der Waals surface area contributed by atoms with Crippen LogP contribution < -0.4 is 0 Å². The summed E-state index contributed by atoms with van der Waals surface area (Å²) >= 11 is 0. The van der Waals surface area contributed by atoms with Gasteiger partial charge in [-0.25, -0.2) is 4.79 Å². The van der Waals surface area contributed by atoms with Crippen molar-refractivity contribution in [3.63, 3.8) is 0 Å². The monoisotopic (exact) mass is 261 g/mol. The second kappa shape index (κ2) is 4.47. The van der Waals surface area contributed by atoms with Gasteiger partial charge < -0.3 is 9.47 Å². The summed E-state index contributed by atoms with van der Waals surface area (Å²) in [4.78, 5) is 21.9. The number of non-ortho nitro benzene ring substituents is 1. The molecule has 0 N–H and O–H groups in total. The number of cyclic esters (lactones) is 1. The lowest BCUT2D eigenvalue weighted by atomic mass is 9.96. The third-order valence-electron chi connectivity index (χ3n) is 3.33. The SMILES string of the molecule is O=C1OCCC2=C1C(c1ccc([N+](=O)[O-])cc1)OC2. The van der Waals surface area contributed by atoms with Crippen molar-refractivity contribution in [1.82, 2.24) is 0 Å². The van der Waals surface area contributed by atoms with Crippen molar-refractivity contribution in [3.05, 3.63) is 51.1 Å². The molecule has 1 aromatic rings. The predicted octanol–water partition coefficient (Wildman–Crippen LogP) is 1.91. The van der Waals surface area contributed by atoms with Crippen LogP contribution in [0.5, 0.6) is 0 Å². The molecule has 1 atom stereocenters. The average molecular weight is 261 g/mol. The van der Waals surface area contributed by atoms with Crippen LogP contribution in [0.25, 0.3) is 0 Å². The van der Waals surface area contributed by atoms with Gasteiger partial charge in [-0.2, -0.15) is 0 Å². The Labute approximate surface area is 108 Å². The summed E-state index contributed by atoms with van der Waals surface area (Å²) in [6.07, 6.45) is 0.230. The van der Waals surface area contributed by atoms with Gasteiger partial charge in [0.05, 0.1) is 23.7 Å². The summed E-state index contributed by atoms with van der Waals surface area (Å²) in [5, 5.41) is 10.6. The Balaban J connectivity index is 1.92. The van der Waals surface area contributed by atoms with Crippen LogP contribution in [0.2, 0.25) is 0 Å². The molecule has 0 radical (unpaired) electrons. The van der Waals surface area contributed by atoms with Crippen molar-refractivity contribution >= 4 is 11.7 Å².